The smallest absolute Gasteiger partial charge is 0.414 e. The Bertz CT molecular complexity index is 3410. The summed E-state index contributed by atoms with van der Waals surface area (Å²) in [5, 5.41) is 14.3. The number of urea groups is 1. The third-order valence-electron chi connectivity index (χ3n) is 20.3. The van der Waals surface area contributed by atoms with Crippen molar-refractivity contribution in [3.8, 4) is 0 Å². The van der Waals surface area contributed by atoms with E-state index in [1.165, 1.54) is 53.5 Å². The second kappa shape index (κ2) is 31.9. The van der Waals surface area contributed by atoms with E-state index in [1.54, 1.807) is 66.1 Å². The number of esters is 1. The van der Waals surface area contributed by atoms with Crippen molar-refractivity contribution in [2.45, 2.75) is 158 Å². The van der Waals surface area contributed by atoms with E-state index in [4.69, 9.17) is 9.47 Å². The fourth-order valence-corrected chi connectivity index (χ4v) is 15.9. The van der Waals surface area contributed by atoms with Gasteiger partial charge in [0.2, 0.25) is 41.4 Å². The Morgan fingerprint density at radius 3 is 2.20 bits per heavy atom. The first-order valence-electron chi connectivity index (χ1n) is 34.3. The van der Waals surface area contributed by atoms with Crippen molar-refractivity contribution in [3.63, 3.8) is 0 Å². The molecule has 0 aliphatic carbocycles. The molecule has 0 aromatic heterocycles. The number of thioether (sulfide) groups is 1. The topological polar surface area (TPSA) is 289 Å². The van der Waals surface area contributed by atoms with Crippen molar-refractivity contribution in [2.75, 3.05) is 101 Å². The van der Waals surface area contributed by atoms with Gasteiger partial charge in [0.05, 0.1) is 24.5 Å². The molecule has 8 aliphatic heterocycles. The van der Waals surface area contributed by atoms with Gasteiger partial charge in [-0.2, -0.15) is 11.8 Å². The number of nitrogens with one attached hydrogen (secondary N) is 5. The van der Waals surface area contributed by atoms with Gasteiger partial charge in [0.25, 0.3) is 0 Å². The molecule has 8 fully saturated rings. The molecule has 27 heteroatoms. The summed E-state index contributed by atoms with van der Waals surface area (Å²) in [4.78, 5) is 168. The number of likely N-dealkylation sites (N-methyl/N-ethyl adjacent to an activating group) is 1. The first-order chi connectivity index (χ1) is 46.5. The van der Waals surface area contributed by atoms with Crippen LogP contribution in [0.25, 0.3) is 0 Å². The Morgan fingerprint density at radius 2 is 1.52 bits per heavy atom. The molecule has 0 radical (unpaired) electrons. The molecular weight excluding hydrogens is 1270 g/mol. The molecular formula is C70H93FN12O13S. The number of carbonyl (C=O) groups excluding carboxylic acids is 11. The van der Waals surface area contributed by atoms with E-state index >= 15 is 23.6 Å². The molecule has 97 heavy (non-hydrogen) atoms. The number of hydrogen-bond donors (Lipinski definition) is 5. The SMILES string of the molecule is CC[C@]1(C)NC(=O)[C@@H](NC(=O)CCCCCNC(=O)N2CCN(c3ccc(N4C[C@H](CNC(C)=O)OC4=O)cc3F)CC2)[C@@H](C)OC(=O)[C@H](c2ccccc2)NC(=O)[C@@H]2CC(=O)[C@H](CSC3CN4CCC3CC4)CN2C(=O)[C@H](Cc2ccc(C)cc2)N(C)C(=O)[C@@H]2CCCN2C1=O. The summed E-state index contributed by atoms with van der Waals surface area (Å²) in [7, 11) is 1.52. The molecule has 8 aliphatic rings. The highest BCUT2D eigenvalue weighted by atomic mass is 32.2. The number of anilines is 2. The lowest BCUT2D eigenvalue weighted by atomic mass is 9.88. The number of cyclic esters (lactones) is 2. The summed E-state index contributed by atoms with van der Waals surface area (Å²) < 4.78 is 27.0. The molecule has 2 bridgehead atoms. The van der Waals surface area contributed by atoms with Crippen LogP contribution >= 0.6 is 11.8 Å². The van der Waals surface area contributed by atoms with Gasteiger partial charge in [0.15, 0.2) is 6.04 Å². The lowest BCUT2D eigenvalue weighted by Crippen LogP contribution is -2.65. The van der Waals surface area contributed by atoms with Crippen molar-refractivity contribution in [1.82, 2.24) is 51.1 Å². The zero-order valence-electron chi connectivity index (χ0n) is 56.4. The van der Waals surface area contributed by atoms with E-state index in [9.17, 15) is 33.6 Å². The average molecular weight is 1360 g/mol. The van der Waals surface area contributed by atoms with Crippen molar-refractivity contribution in [1.29, 1.82) is 0 Å². The number of rotatable bonds is 18. The van der Waals surface area contributed by atoms with Gasteiger partial charge in [-0.3, -0.25) is 43.3 Å². The molecule has 8 saturated heterocycles. The van der Waals surface area contributed by atoms with Gasteiger partial charge in [-0.25, -0.2) is 18.8 Å². The molecule has 10 atom stereocenters. The van der Waals surface area contributed by atoms with Crippen LogP contribution in [0.5, 0.6) is 0 Å². The van der Waals surface area contributed by atoms with Crippen LogP contribution in [0.1, 0.15) is 115 Å². The Kier molecular flexibility index (Phi) is 23.5. The first kappa shape index (κ1) is 71.4. The van der Waals surface area contributed by atoms with Crippen LogP contribution in [-0.4, -0.2) is 228 Å². The fourth-order valence-electron chi connectivity index (χ4n) is 14.2. The Balaban J connectivity index is 0.818. The maximum Gasteiger partial charge on any atom is 0.414 e. The fraction of sp³-hybridized carbons (Fsp3) is 0.586. The maximum atomic E-state index is 15.8. The number of hydrogen-bond acceptors (Lipinski definition) is 16. The number of piperazine rings is 1. The average Bonchev–Trinajstić information content (AvgIpc) is 1.53. The minimum absolute atomic E-state index is 0.0321. The minimum Gasteiger partial charge on any atom is -0.458 e. The molecule has 0 spiro atoms. The van der Waals surface area contributed by atoms with Crippen molar-refractivity contribution in [3.05, 3.63) is 95.3 Å². The van der Waals surface area contributed by atoms with E-state index < -0.39 is 107 Å². The van der Waals surface area contributed by atoms with Gasteiger partial charge in [0, 0.05) is 103 Å². The highest BCUT2D eigenvalue weighted by Crippen LogP contribution is 2.38. The number of fused-ring (bicyclic) bond motifs is 5. The van der Waals surface area contributed by atoms with Crippen LogP contribution in [0.2, 0.25) is 0 Å². The van der Waals surface area contributed by atoms with Crippen molar-refractivity contribution < 1.29 is 66.6 Å². The second-order valence-corrected chi connectivity index (χ2v) is 28.4. The zero-order valence-corrected chi connectivity index (χ0v) is 57.2. The minimum atomic E-state index is -1.67. The number of ketones is 1. The van der Waals surface area contributed by atoms with Gasteiger partial charge < -0.3 is 65.5 Å². The number of halogens is 1. The lowest BCUT2D eigenvalue weighted by molar-refractivity contribution is -0.158. The predicted molar refractivity (Wildman–Crippen MR) is 360 cm³/mol. The maximum absolute atomic E-state index is 15.8. The summed E-state index contributed by atoms with van der Waals surface area (Å²) in [5.74, 6) is -5.69. The van der Waals surface area contributed by atoms with E-state index in [0.717, 1.165) is 43.6 Å². The number of unbranched alkanes of at least 4 members (excludes halogenated alkanes) is 2. The van der Waals surface area contributed by atoms with E-state index in [0.29, 0.717) is 80.2 Å². The van der Waals surface area contributed by atoms with Crippen molar-refractivity contribution in [2.24, 2.45) is 11.8 Å². The Hall–Kier alpha value is -8.33. The molecule has 0 saturated carbocycles. The van der Waals surface area contributed by atoms with Crippen LogP contribution in [-0.2, 0) is 59.0 Å². The Labute approximate surface area is 570 Å². The third-order valence-corrected chi connectivity index (χ3v) is 21.9. The van der Waals surface area contributed by atoms with Crippen LogP contribution in [0.4, 0.5) is 25.4 Å². The summed E-state index contributed by atoms with van der Waals surface area (Å²) >= 11 is 1.73. The van der Waals surface area contributed by atoms with Gasteiger partial charge in [-0.05, 0) is 114 Å². The summed E-state index contributed by atoms with van der Waals surface area (Å²) in [6, 6.07) is 13.1. The molecule has 8 heterocycles. The number of aryl methyl sites for hydroxylation is 1. The summed E-state index contributed by atoms with van der Waals surface area (Å²) in [6.45, 7) is 12.8. The van der Waals surface area contributed by atoms with Crippen LogP contribution in [0.3, 0.4) is 0 Å². The highest BCUT2D eigenvalue weighted by Gasteiger charge is 2.50. The van der Waals surface area contributed by atoms with Gasteiger partial charge in [-0.15, -0.1) is 0 Å². The quantitative estimate of drug-likeness (QED) is 0.0880. The van der Waals surface area contributed by atoms with Crippen molar-refractivity contribution >= 4 is 88.4 Å². The molecule has 10 amide bonds. The van der Waals surface area contributed by atoms with E-state index in [2.05, 4.69) is 31.5 Å². The molecule has 5 N–H and O–H groups in total. The van der Waals surface area contributed by atoms with Gasteiger partial charge >= 0.3 is 18.1 Å². The molecule has 1 unspecified atom stereocenters. The number of piperidine rings is 4. The molecule has 3 aromatic carbocycles. The standard InChI is InChI=1S/C70H93FN12O13S/c1-7-70(5)67(92)81-28-14-17-54(81)64(89)77(6)56(35-46-21-19-43(2)20-22-46)65(90)83-39-49(42-97-58-41-78-29-25-47(58)26-30-78)57(85)37-55(83)62(87)75-61(48-15-10-8-11-16-48)66(91)95-44(3)60(63(88)76-70)74-59(86)18-12-9-13-27-72-68(93)80-33-31-79(32-34-80)53-24-23-50(36-52(53)71)82-40-51(96-69(82)94)38-73-45(4)84/h8,10-11,15-16,19-24,36,44,47,49,51,54-56,58,60-61H,7,9,12-14,17-18,25-35,37-42H2,1-6H3,(H,72,93)(H,73,84)(H,74,86)(H,75,87)(H,76,88)/t44-,49+,51+,54+,55+,56+,58?,60+,61+,70+/m1/s1. The van der Waals surface area contributed by atoms with Gasteiger partial charge in [-0.1, -0.05) is 73.5 Å². The van der Waals surface area contributed by atoms with Crippen LogP contribution < -0.4 is 36.4 Å². The number of Topliss-reactive ketones (excluding diaryl/α,β-unsaturated/α-hetero) is 1. The zero-order chi connectivity index (χ0) is 69.2. The largest absolute Gasteiger partial charge is 0.458 e. The van der Waals surface area contributed by atoms with Crippen LogP contribution in [0.15, 0.2) is 72.8 Å². The summed E-state index contributed by atoms with van der Waals surface area (Å²) in [6.07, 6.45) is 1.10. The Morgan fingerprint density at radius 1 is 0.784 bits per heavy atom. The predicted octanol–water partition coefficient (Wildman–Crippen LogP) is 4.23. The number of carbonyl (C=O) groups is 11. The normalized spacial score (nSPS) is 28.4. The van der Waals surface area contributed by atoms with E-state index in [1.807, 2.05) is 36.1 Å². The number of benzene rings is 3. The number of nitrogens with zero attached hydrogens (tertiary/aromatic N) is 7. The third kappa shape index (κ3) is 17.2. The summed E-state index contributed by atoms with van der Waals surface area (Å²) in [5.41, 5.74) is 0.956. The van der Waals surface area contributed by atoms with Gasteiger partial charge in [0.1, 0.15) is 53.5 Å². The molecule has 25 nitrogen and oxygen atoms in total. The monoisotopic (exact) mass is 1360 g/mol. The van der Waals surface area contributed by atoms with E-state index in [-0.39, 0.29) is 88.1 Å². The first-order valence-corrected chi connectivity index (χ1v) is 35.3. The second-order valence-electron chi connectivity index (χ2n) is 27.1. The van der Waals surface area contributed by atoms with Crippen LogP contribution in [0, 0.1) is 24.6 Å². The molecule has 3 aromatic rings. The lowest BCUT2D eigenvalue weighted by Gasteiger charge is -2.45. The highest BCUT2D eigenvalue weighted by molar-refractivity contribution is 8.00. The number of amides is 10. The number of ether oxygens (including phenoxy) is 2. The molecule has 11 rings (SSSR count). The molecule has 524 valence electrons.